The monoisotopic (exact) mass is 306 g/mol. The van der Waals surface area contributed by atoms with Crippen molar-refractivity contribution in [2.45, 2.75) is 0 Å². The largest absolute Gasteiger partial charge is 0.506 e. The fraction of sp³-hybridized carbons (Fsp3) is 0. The summed E-state index contributed by atoms with van der Waals surface area (Å²) in [6, 6.07) is 11.3. The van der Waals surface area contributed by atoms with E-state index in [2.05, 4.69) is 0 Å². The van der Waals surface area contributed by atoms with Gasteiger partial charge < -0.3 is 9.52 Å². The molecule has 20 heavy (non-hydrogen) atoms. The highest BCUT2D eigenvalue weighted by molar-refractivity contribution is 6.36. The van der Waals surface area contributed by atoms with Gasteiger partial charge in [0.15, 0.2) is 5.43 Å². The van der Waals surface area contributed by atoms with Gasteiger partial charge in [-0.2, -0.15) is 0 Å². The van der Waals surface area contributed by atoms with Gasteiger partial charge in [0, 0.05) is 11.6 Å². The molecule has 0 aliphatic heterocycles. The number of rotatable bonds is 1. The molecule has 1 heterocycles. The Morgan fingerprint density at radius 1 is 1.05 bits per heavy atom. The molecule has 0 atom stereocenters. The molecule has 3 rings (SSSR count). The molecule has 3 aromatic rings. The topological polar surface area (TPSA) is 50.4 Å². The normalized spacial score (nSPS) is 10.9. The molecule has 0 spiro atoms. The van der Waals surface area contributed by atoms with Crippen LogP contribution in [0.5, 0.6) is 5.75 Å². The minimum absolute atomic E-state index is 0.0121. The van der Waals surface area contributed by atoms with Crippen molar-refractivity contribution in [1.29, 1.82) is 0 Å². The molecule has 0 radical (unpaired) electrons. The molecule has 5 heteroatoms. The highest BCUT2D eigenvalue weighted by Crippen LogP contribution is 2.33. The second-order valence-corrected chi connectivity index (χ2v) is 5.01. The van der Waals surface area contributed by atoms with Crippen LogP contribution in [0.25, 0.3) is 22.3 Å². The zero-order chi connectivity index (χ0) is 14.3. The average molecular weight is 307 g/mol. The third kappa shape index (κ3) is 2.05. The summed E-state index contributed by atoms with van der Waals surface area (Å²) in [7, 11) is 0. The second kappa shape index (κ2) is 4.85. The molecule has 0 aliphatic rings. The van der Waals surface area contributed by atoms with Crippen LogP contribution in [0.4, 0.5) is 0 Å². The lowest BCUT2D eigenvalue weighted by molar-refractivity contribution is 0.476. The van der Waals surface area contributed by atoms with Crippen LogP contribution in [0.2, 0.25) is 10.0 Å². The Morgan fingerprint density at radius 3 is 2.55 bits per heavy atom. The zero-order valence-corrected chi connectivity index (χ0v) is 11.6. The smallest absolute Gasteiger partial charge is 0.194 e. The van der Waals surface area contributed by atoms with Crippen LogP contribution in [0, 0.1) is 0 Å². The molecule has 3 nitrogen and oxygen atoms in total. The number of halogens is 2. The summed E-state index contributed by atoms with van der Waals surface area (Å²) in [5, 5.41) is 10.2. The van der Waals surface area contributed by atoms with Crippen molar-refractivity contribution in [3.05, 3.63) is 62.7 Å². The van der Waals surface area contributed by atoms with Crippen LogP contribution in [0.15, 0.2) is 51.7 Å². The van der Waals surface area contributed by atoms with E-state index in [1.807, 2.05) is 0 Å². The van der Waals surface area contributed by atoms with Crippen LogP contribution in [0.1, 0.15) is 0 Å². The molecular formula is C15H8Cl2O3. The van der Waals surface area contributed by atoms with E-state index < -0.39 is 0 Å². The lowest BCUT2D eigenvalue weighted by atomic mass is 10.1. The maximum absolute atomic E-state index is 12.2. The average Bonchev–Trinajstić information content (AvgIpc) is 2.43. The van der Waals surface area contributed by atoms with Gasteiger partial charge in [-0.1, -0.05) is 35.3 Å². The summed E-state index contributed by atoms with van der Waals surface area (Å²) < 4.78 is 5.67. The molecule has 0 fully saturated rings. The van der Waals surface area contributed by atoms with Gasteiger partial charge in [-0.15, -0.1) is 0 Å². The van der Waals surface area contributed by atoms with Gasteiger partial charge in [-0.05, 0) is 24.3 Å². The van der Waals surface area contributed by atoms with Crippen LogP contribution in [-0.4, -0.2) is 5.11 Å². The quantitative estimate of drug-likeness (QED) is 0.721. The van der Waals surface area contributed by atoms with Crippen molar-refractivity contribution in [1.82, 2.24) is 0 Å². The zero-order valence-electron chi connectivity index (χ0n) is 10.1. The van der Waals surface area contributed by atoms with Gasteiger partial charge in [0.05, 0.1) is 15.4 Å². The fourth-order valence-electron chi connectivity index (χ4n) is 1.99. The van der Waals surface area contributed by atoms with E-state index in [1.54, 1.807) is 24.3 Å². The Morgan fingerprint density at radius 2 is 1.80 bits per heavy atom. The number of aromatic hydroxyl groups is 1. The number of hydrogen-bond donors (Lipinski definition) is 1. The van der Waals surface area contributed by atoms with Crippen molar-refractivity contribution in [2.24, 2.45) is 0 Å². The summed E-state index contributed by atoms with van der Waals surface area (Å²) in [4.78, 5) is 12.2. The summed E-state index contributed by atoms with van der Waals surface area (Å²) in [5.41, 5.74) is 0.592. The van der Waals surface area contributed by atoms with Crippen LogP contribution in [0.3, 0.4) is 0 Å². The summed E-state index contributed by atoms with van der Waals surface area (Å²) in [5.74, 6) is 0.201. The molecule has 0 unspecified atom stereocenters. The highest BCUT2D eigenvalue weighted by Gasteiger charge is 2.13. The van der Waals surface area contributed by atoms with Crippen molar-refractivity contribution in [3.63, 3.8) is 0 Å². The van der Waals surface area contributed by atoms with Gasteiger partial charge in [0.2, 0.25) is 0 Å². The van der Waals surface area contributed by atoms with Crippen LogP contribution < -0.4 is 5.43 Å². The van der Waals surface area contributed by atoms with Gasteiger partial charge in [-0.25, -0.2) is 0 Å². The van der Waals surface area contributed by atoms with Crippen molar-refractivity contribution in [3.8, 4) is 17.1 Å². The molecule has 1 aromatic heterocycles. The fourth-order valence-corrected chi connectivity index (χ4v) is 2.47. The number of benzene rings is 2. The van der Waals surface area contributed by atoms with Gasteiger partial charge >= 0.3 is 0 Å². The highest BCUT2D eigenvalue weighted by atomic mass is 35.5. The lowest BCUT2D eigenvalue weighted by Crippen LogP contribution is -2.01. The van der Waals surface area contributed by atoms with E-state index in [4.69, 9.17) is 27.6 Å². The maximum Gasteiger partial charge on any atom is 0.194 e. The van der Waals surface area contributed by atoms with Gasteiger partial charge in [0.25, 0.3) is 0 Å². The first-order chi connectivity index (χ1) is 9.58. The summed E-state index contributed by atoms with van der Waals surface area (Å²) >= 11 is 12.0. The number of hydrogen-bond acceptors (Lipinski definition) is 3. The molecular weight excluding hydrogens is 299 g/mol. The number of phenols is 1. The molecule has 1 N–H and O–H groups in total. The van der Waals surface area contributed by atoms with Gasteiger partial charge in [-0.3, -0.25) is 4.79 Å². The molecule has 0 saturated carbocycles. The maximum atomic E-state index is 12.2. The van der Waals surface area contributed by atoms with E-state index in [-0.39, 0.29) is 21.6 Å². The Labute approximate surface area is 124 Å². The predicted molar refractivity (Wildman–Crippen MR) is 79.6 cm³/mol. The standard InChI is InChI=1S/C15H8Cl2O3/c16-9-4-2-1-3-8(9)13-7-11(19)14-12(20-13)6-5-10(18)15(14)17/h1-7,18H. The number of phenolic OH excluding ortho intramolecular Hbond substituents is 1. The second-order valence-electron chi connectivity index (χ2n) is 4.23. The summed E-state index contributed by atoms with van der Waals surface area (Å²) in [6.07, 6.45) is 0. The van der Waals surface area contributed by atoms with E-state index >= 15 is 0 Å². The number of fused-ring (bicyclic) bond motifs is 1. The van der Waals surface area contributed by atoms with E-state index in [1.165, 1.54) is 18.2 Å². The molecule has 0 bridgehead atoms. The van der Waals surface area contributed by atoms with Crippen LogP contribution >= 0.6 is 23.2 Å². The van der Waals surface area contributed by atoms with E-state index in [0.717, 1.165) is 0 Å². The molecule has 0 amide bonds. The minimum Gasteiger partial charge on any atom is -0.506 e. The third-order valence-corrected chi connectivity index (χ3v) is 3.66. The Kier molecular flexibility index (Phi) is 3.16. The third-order valence-electron chi connectivity index (χ3n) is 2.95. The molecule has 2 aromatic carbocycles. The first kappa shape index (κ1) is 13.0. The Bertz CT molecular complexity index is 869. The predicted octanol–water partition coefficient (Wildman–Crippen LogP) is 4.47. The lowest BCUT2D eigenvalue weighted by Gasteiger charge is -2.06. The van der Waals surface area contributed by atoms with E-state index in [9.17, 15) is 9.90 Å². The first-order valence-corrected chi connectivity index (χ1v) is 6.54. The molecule has 0 saturated heterocycles. The van der Waals surface area contributed by atoms with E-state index in [0.29, 0.717) is 21.9 Å². The Hall–Kier alpha value is -1.97. The van der Waals surface area contributed by atoms with Crippen molar-refractivity contribution >= 4 is 34.2 Å². The Balaban J connectivity index is 2.35. The van der Waals surface area contributed by atoms with Gasteiger partial charge in [0.1, 0.15) is 17.1 Å². The minimum atomic E-state index is -0.331. The SMILES string of the molecule is O=c1cc(-c2ccccc2Cl)oc2ccc(O)c(Cl)c12. The van der Waals surface area contributed by atoms with Crippen molar-refractivity contribution in [2.75, 3.05) is 0 Å². The molecule has 0 aliphatic carbocycles. The summed E-state index contributed by atoms with van der Waals surface area (Å²) in [6.45, 7) is 0. The molecule has 100 valence electrons. The van der Waals surface area contributed by atoms with Crippen LogP contribution in [-0.2, 0) is 0 Å². The first-order valence-electron chi connectivity index (χ1n) is 5.78. The van der Waals surface area contributed by atoms with Crippen molar-refractivity contribution < 1.29 is 9.52 Å².